The zero-order valence-corrected chi connectivity index (χ0v) is 14.0. The van der Waals surface area contributed by atoms with E-state index in [1.165, 1.54) is 38.3 Å². The van der Waals surface area contributed by atoms with Crippen molar-refractivity contribution < 1.29 is 0 Å². The summed E-state index contributed by atoms with van der Waals surface area (Å²) in [5.74, 6) is 0. The molecule has 0 radical (unpaired) electrons. The van der Waals surface area contributed by atoms with E-state index in [-0.39, 0.29) is 0 Å². The first-order valence-electron chi connectivity index (χ1n) is 8.74. The van der Waals surface area contributed by atoms with Crippen LogP contribution in [-0.2, 0) is 0 Å². The van der Waals surface area contributed by atoms with Crippen LogP contribution in [0.1, 0.15) is 0 Å². The first-order chi connectivity index (χ1) is 12.9. The van der Waals surface area contributed by atoms with Gasteiger partial charge in [-0.3, -0.25) is 4.98 Å². The van der Waals surface area contributed by atoms with Crippen LogP contribution in [0.4, 0.5) is 0 Å². The number of hydrogen-bond donors (Lipinski definition) is 2. The minimum absolute atomic E-state index is 1.12. The molecule has 0 aliphatic carbocycles. The van der Waals surface area contributed by atoms with Gasteiger partial charge in [0.2, 0.25) is 0 Å². The van der Waals surface area contributed by atoms with Crippen molar-refractivity contribution in [2.24, 2.45) is 0 Å². The monoisotopic (exact) mass is 333 g/mol. The molecule has 3 aromatic carbocycles. The van der Waals surface area contributed by atoms with Gasteiger partial charge in [-0.05, 0) is 35.4 Å². The largest absolute Gasteiger partial charge is 0.354 e. The number of rotatable bonds is 1. The number of aromatic amines is 2. The zero-order valence-electron chi connectivity index (χ0n) is 14.0. The van der Waals surface area contributed by atoms with Gasteiger partial charge in [-0.25, -0.2) is 0 Å². The second-order valence-corrected chi connectivity index (χ2v) is 6.67. The smallest absolute Gasteiger partial charge is 0.0496 e. The molecule has 0 atom stereocenters. The van der Waals surface area contributed by atoms with Crippen molar-refractivity contribution in [3.8, 4) is 11.1 Å². The van der Waals surface area contributed by atoms with Crippen LogP contribution in [0.3, 0.4) is 0 Å². The van der Waals surface area contributed by atoms with Crippen LogP contribution in [-0.4, -0.2) is 15.0 Å². The number of pyridine rings is 1. The highest BCUT2D eigenvalue weighted by Gasteiger charge is 2.14. The number of para-hydroxylation sites is 1. The Hall–Kier alpha value is -3.59. The van der Waals surface area contributed by atoms with Gasteiger partial charge < -0.3 is 9.97 Å². The van der Waals surface area contributed by atoms with Gasteiger partial charge in [0, 0.05) is 56.0 Å². The maximum absolute atomic E-state index is 4.35. The predicted octanol–water partition coefficient (Wildman–Crippen LogP) is 6.02. The van der Waals surface area contributed by atoms with Crippen molar-refractivity contribution in [3.05, 3.63) is 79.1 Å². The van der Waals surface area contributed by atoms with Gasteiger partial charge in [0.25, 0.3) is 0 Å². The standard InChI is InChI=1S/C23H15N3/c1-2-8-18-16(5-1)22-14(6-3-9-20(22)25-18)15-7-4-10-21-23(15)17-13-24-12-11-19(17)26-21/h1-13,25-26H. The maximum atomic E-state index is 4.35. The molecule has 3 aromatic heterocycles. The number of benzene rings is 3. The van der Waals surface area contributed by atoms with Gasteiger partial charge >= 0.3 is 0 Å². The van der Waals surface area contributed by atoms with Crippen molar-refractivity contribution in [2.45, 2.75) is 0 Å². The Balaban J connectivity index is 1.82. The zero-order chi connectivity index (χ0) is 17.1. The van der Waals surface area contributed by atoms with Crippen molar-refractivity contribution in [2.75, 3.05) is 0 Å². The minimum atomic E-state index is 1.12. The third-order valence-corrected chi connectivity index (χ3v) is 5.24. The SMILES string of the molecule is c1ccc2c(c1)[nH]c1cccc(-c3cccc4[nH]c5ccncc5c34)c12. The van der Waals surface area contributed by atoms with E-state index in [0.717, 1.165) is 16.4 Å². The maximum Gasteiger partial charge on any atom is 0.0496 e. The van der Waals surface area contributed by atoms with Gasteiger partial charge in [0.05, 0.1) is 0 Å². The molecule has 6 rings (SSSR count). The third kappa shape index (κ3) is 1.74. The lowest BCUT2D eigenvalue weighted by molar-refractivity contribution is 1.36. The highest BCUT2D eigenvalue weighted by molar-refractivity contribution is 6.20. The summed E-state index contributed by atoms with van der Waals surface area (Å²) in [4.78, 5) is 11.4. The van der Waals surface area contributed by atoms with E-state index in [1.54, 1.807) is 0 Å². The summed E-state index contributed by atoms with van der Waals surface area (Å²) in [7, 11) is 0. The number of H-pyrrole nitrogens is 2. The molecule has 0 amide bonds. The lowest BCUT2D eigenvalue weighted by Crippen LogP contribution is -1.82. The van der Waals surface area contributed by atoms with Crippen LogP contribution in [0.2, 0.25) is 0 Å². The van der Waals surface area contributed by atoms with E-state index in [4.69, 9.17) is 0 Å². The van der Waals surface area contributed by atoms with Gasteiger partial charge in [-0.15, -0.1) is 0 Å². The fraction of sp³-hybridized carbons (Fsp3) is 0. The molecule has 3 heteroatoms. The summed E-state index contributed by atoms with van der Waals surface area (Å²) in [6, 6.07) is 23.5. The van der Waals surface area contributed by atoms with Crippen molar-refractivity contribution >= 4 is 43.6 Å². The van der Waals surface area contributed by atoms with Crippen molar-refractivity contribution in [1.82, 2.24) is 15.0 Å². The van der Waals surface area contributed by atoms with Crippen LogP contribution in [0.15, 0.2) is 79.1 Å². The summed E-state index contributed by atoms with van der Waals surface area (Å²) in [5, 5.41) is 4.92. The minimum Gasteiger partial charge on any atom is -0.354 e. The highest BCUT2D eigenvalue weighted by atomic mass is 14.7. The first kappa shape index (κ1) is 13.7. The van der Waals surface area contributed by atoms with Crippen molar-refractivity contribution in [1.29, 1.82) is 0 Å². The Kier molecular flexibility index (Phi) is 2.61. The number of nitrogens with zero attached hydrogens (tertiary/aromatic N) is 1. The molecule has 122 valence electrons. The summed E-state index contributed by atoms with van der Waals surface area (Å²) in [6.07, 6.45) is 3.78. The van der Waals surface area contributed by atoms with E-state index in [9.17, 15) is 0 Å². The summed E-state index contributed by atoms with van der Waals surface area (Å²) in [6.45, 7) is 0. The van der Waals surface area contributed by atoms with Crippen LogP contribution in [0, 0.1) is 0 Å². The van der Waals surface area contributed by atoms with Crippen LogP contribution in [0.5, 0.6) is 0 Å². The Morgan fingerprint density at radius 1 is 0.538 bits per heavy atom. The predicted molar refractivity (Wildman–Crippen MR) is 108 cm³/mol. The Morgan fingerprint density at radius 3 is 1.92 bits per heavy atom. The van der Waals surface area contributed by atoms with Crippen molar-refractivity contribution in [3.63, 3.8) is 0 Å². The average molecular weight is 333 g/mol. The van der Waals surface area contributed by atoms with Gasteiger partial charge in [0.1, 0.15) is 0 Å². The van der Waals surface area contributed by atoms with Crippen LogP contribution < -0.4 is 0 Å². The number of nitrogens with one attached hydrogen (secondary N) is 2. The normalized spacial score (nSPS) is 11.8. The van der Waals surface area contributed by atoms with Gasteiger partial charge in [-0.2, -0.15) is 0 Å². The molecule has 6 aromatic rings. The van der Waals surface area contributed by atoms with E-state index in [2.05, 4.69) is 75.6 Å². The van der Waals surface area contributed by atoms with Gasteiger partial charge in [0.15, 0.2) is 0 Å². The van der Waals surface area contributed by atoms with E-state index in [1.807, 2.05) is 18.5 Å². The summed E-state index contributed by atoms with van der Waals surface area (Å²) < 4.78 is 0. The molecule has 26 heavy (non-hydrogen) atoms. The molecular weight excluding hydrogens is 318 g/mol. The fourth-order valence-corrected chi connectivity index (χ4v) is 4.15. The fourth-order valence-electron chi connectivity index (χ4n) is 4.15. The third-order valence-electron chi connectivity index (χ3n) is 5.24. The summed E-state index contributed by atoms with van der Waals surface area (Å²) in [5.41, 5.74) is 7.07. The van der Waals surface area contributed by atoms with Gasteiger partial charge in [-0.1, -0.05) is 42.5 Å². The summed E-state index contributed by atoms with van der Waals surface area (Å²) >= 11 is 0. The molecule has 0 bridgehead atoms. The highest BCUT2D eigenvalue weighted by Crippen LogP contribution is 2.39. The molecule has 2 N–H and O–H groups in total. The number of hydrogen-bond acceptors (Lipinski definition) is 1. The molecular formula is C23H15N3. The number of fused-ring (bicyclic) bond motifs is 6. The second-order valence-electron chi connectivity index (χ2n) is 6.67. The molecule has 0 aliphatic heterocycles. The quantitative estimate of drug-likeness (QED) is 0.380. The Bertz CT molecular complexity index is 1320. The molecule has 0 spiro atoms. The Morgan fingerprint density at radius 2 is 1.15 bits per heavy atom. The van der Waals surface area contributed by atoms with Crippen LogP contribution >= 0.6 is 0 Å². The lowest BCUT2D eigenvalue weighted by Gasteiger charge is -2.07. The topological polar surface area (TPSA) is 44.5 Å². The molecule has 0 saturated heterocycles. The Labute approximate surface area is 149 Å². The van der Waals surface area contributed by atoms with E-state index >= 15 is 0 Å². The molecule has 0 unspecified atom stereocenters. The average Bonchev–Trinajstić information content (AvgIpc) is 3.26. The van der Waals surface area contributed by atoms with Crippen LogP contribution in [0.25, 0.3) is 54.7 Å². The number of aromatic nitrogens is 3. The molecule has 0 fully saturated rings. The molecule has 3 heterocycles. The molecule has 0 saturated carbocycles. The van der Waals surface area contributed by atoms with E-state index in [0.29, 0.717) is 0 Å². The lowest BCUT2D eigenvalue weighted by atomic mass is 9.96. The van der Waals surface area contributed by atoms with E-state index < -0.39 is 0 Å². The first-order valence-corrected chi connectivity index (χ1v) is 8.74. The molecule has 0 aliphatic rings. The second kappa shape index (κ2) is 4.96. The molecule has 3 nitrogen and oxygen atoms in total.